The third-order valence-electron chi connectivity index (χ3n) is 2.23. The van der Waals surface area contributed by atoms with Crippen LogP contribution in [0.4, 0.5) is 0 Å². The monoisotopic (exact) mass is 172 g/mol. The molecule has 1 rings (SSSR count). The summed E-state index contributed by atoms with van der Waals surface area (Å²) in [4.78, 5) is 12.9. The van der Waals surface area contributed by atoms with Crippen LogP contribution in [-0.2, 0) is 4.79 Å². The summed E-state index contributed by atoms with van der Waals surface area (Å²) in [5.41, 5.74) is 0. The van der Waals surface area contributed by atoms with Crippen LogP contribution in [0.1, 0.15) is 13.3 Å². The number of carbonyl (C=O) groups excluding carboxylic acids is 1. The molecule has 0 spiro atoms. The molecule has 0 bridgehead atoms. The Labute approximate surface area is 72.6 Å². The Hall–Kier alpha value is -0.610. The van der Waals surface area contributed by atoms with Crippen LogP contribution < -0.4 is 5.32 Å². The fourth-order valence-corrected chi connectivity index (χ4v) is 1.47. The molecular weight excluding hydrogens is 156 g/mol. The number of nitrogens with one attached hydrogen (secondary N) is 1. The number of amides is 1. The van der Waals surface area contributed by atoms with E-state index in [0.717, 1.165) is 6.54 Å². The first-order valence-corrected chi connectivity index (χ1v) is 4.30. The summed E-state index contributed by atoms with van der Waals surface area (Å²) < 4.78 is 0. The van der Waals surface area contributed by atoms with Crippen molar-refractivity contribution >= 4 is 5.91 Å². The summed E-state index contributed by atoms with van der Waals surface area (Å²) in [6.45, 7) is 3.18. The van der Waals surface area contributed by atoms with Crippen LogP contribution in [0.3, 0.4) is 0 Å². The van der Waals surface area contributed by atoms with E-state index in [1.165, 1.54) is 4.90 Å². The van der Waals surface area contributed by atoms with Crippen molar-refractivity contribution in [3.05, 3.63) is 0 Å². The van der Waals surface area contributed by atoms with Crippen LogP contribution in [0.5, 0.6) is 0 Å². The normalized spacial score (nSPS) is 29.9. The second kappa shape index (κ2) is 3.87. The molecule has 0 saturated carbocycles. The summed E-state index contributed by atoms with van der Waals surface area (Å²) in [5.74, 6) is 0.0506. The van der Waals surface area contributed by atoms with Crippen LogP contribution in [0.2, 0.25) is 0 Å². The van der Waals surface area contributed by atoms with Gasteiger partial charge in [-0.3, -0.25) is 4.79 Å². The highest BCUT2D eigenvalue weighted by Crippen LogP contribution is 2.21. The molecule has 1 aliphatic heterocycles. The van der Waals surface area contributed by atoms with Gasteiger partial charge < -0.3 is 15.3 Å². The molecule has 2 atom stereocenters. The van der Waals surface area contributed by atoms with E-state index >= 15 is 0 Å². The number of aliphatic hydroxyl groups is 1. The molecular formula is C8H16N2O2. The molecule has 1 amide bonds. The van der Waals surface area contributed by atoms with Crippen molar-refractivity contribution in [3.8, 4) is 0 Å². The van der Waals surface area contributed by atoms with Crippen LogP contribution in [0.25, 0.3) is 0 Å². The molecule has 0 aromatic rings. The van der Waals surface area contributed by atoms with Gasteiger partial charge in [-0.15, -0.1) is 0 Å². The SMILES string of the molecule is CNCCN1C(=O)C(C)CC1O. The van der Waals surface area contributed by atoms with Gasteiger partial charge in [-0.1, -0.05) is 6.92 Å². The van der Waals surface area contributed by atoms with Gasteiger partial charge in [-0.25, -0.2) is 0 Å². The second-order valence-electron chi connectivity index (χ2n) is 3.25. The van der Waals surface area contributed by atoms with E-state index in [1.54, 1.807) is 0 Å². The lowest BCUT2D eigenvalue weighted by Gasteiger charge is -2.19. The van der Waals surface area contributed by atoms with Gasteiger partial charge in [0.2, 0.25) is 5.91 Å². The first-order valence-electron chi connectivity index (χ1n) is 4.30. The molecule has 1 aliphatic rings. The summed E-state index contributed by atoms with van der Waals surface area (Å²) >= 11 is 0. The van der Waals surface area contributed by atoms with Crippen molar-refractivity contribution < 1.29 is 9.90 Å². The van der Waals surface area contributed by atoms with Crippen molar-refractivity contribution in [1.29, 1.82) is 0 Å². The summed E-state index contributed by atoms with van der Waals surface area (Å²) in [7, 11) is 1.83. The highest BCUT2D eigenvalue weighted by Gasteiger charge is 2.34. The van der Waals surface area contributed by atoms with Crippen molar-refractivity contribution in [2.45, 2.75) is 19.6 Å². The lowest BCUT2D eigenvalue weighted by molar-refractivity contribution is -0.135. The van der Waals surface area contributed by atoms with Gasteiger partial charge in [-0.2, -0.15) is 0 Å². The highest BCUT2D eigenvalue weighted by atomic mass is 16.3. The summed E-state index contributed by atoms with van der Waals surface area (Å²) in [6.07, 6.45) is 0.00331. The van der Waals surface area contributed by atoms with Gasteiger partial charge in [0.1, 0.15) is 6.23 Å². The first-order chi connectivity index (χ1) is 5.66. The van der Waals surface area contributed by atoms with Gasteiger partial charge in [0.25, 0.3) is 0 Å². The Morgan fingerprint density at radius 3 is 2.83 bits per heavy atom. The van der Waals surface area contributed by atoms with E-state index in [1.807, 2.05) is 14.0 Å². The lowest BCUT2D eigenvalue weighted by atomic mass is 10.1. The molecule has 4 heteroatoms. The second-order valence-corrected chi connectivity index (χ2v) is 3.25. The molecule has 0 radical (unpaired) electrons. The highest BCUT2D eigenvalue weighted by molar-refractivity contribution is 5.80. The molecule has 0 aromatic carbocycles. The molecule has 70 valence electrons. The number of nitrogens with zero attached hydrogens (tertiary/aromatic N) is 1. The van der Waals surface area contributed by atoms with E-state index < -0.39 is 6.23 Å². The zero-order chi connectivity index (χ0) is 9.14. The standard InChI is InChI=1S/C8H16N2O2/c1-6-5-7(11)10(8(6)12)4-3-9-2/h6-7,9,11H,3-5H2,1-2H3. The van der Waals surface area contributed by atoms with Crippen molar-refractivity contribution in [3.63, 3.8) is 0 Å². The molecule has 1 heterocycles. The molecule has 4 nitrogen and oxygen atoms in total. The first kappa shape index (κ1) is 9.48. The molecule has 12 heavy (non-hydrogen) atoms. The van der Waals surface area contributed by atoms with Crippen molar-refractivity contribution in [1.82, 2.24) is 10.2 Å². The quantitative estimate of drug-likeness (QED) is 0.597. The topological polar surface area (TPSA) is 52.6 Å². The van der Waals surface area contributed by atoms with Gasteiger partial charge in [0.15, 0.2) is 0 Å². The van der Waals surface area contributed by atoms with Crippen LogP contribution >= 0.6 is 0 Å². The zero-order valence-corrected chi connectivity index (χ0v) is 7.58. The molecule has 0 aromatic heterocycles. The third-order valence-corrected chi connectivity index (χ3v) is 2.23. The van der Waals surface area contributed by atoms with E-state index in [2.05, 4.69) is 5.32 Å². The van der Waals surface area contributed by atoms with Crippen LogP contribution in [0.15, 0.2) is 0 Å². The van der Waals surface area contributed by atoms with Crippen molar-refractivity contribution in [2.24, 2.45) is 5.92 Å². The van der Waals surface area contributed by atoms with E-state index in [-0.39, 0.29) is 11.8 Å². The minimum absolute atomic E-state index is 0.0168. The number of rotatable bonds is 3. The zero-order valence-electron chi connectivity index (χ0n) is 7.58. The molecule has 2 N–H and O–H groups in total. The van der Waals surface area contributed by atoms with Gasteiger partial charge in [0.05, 0.1) is 0 Å². The smallest absolute Gasteiger partial charge is 0.227 e. The Morgan fingerprint density at radius 1 is 1.75 bits per heavy atom. The fraction of sp³-hybridized carbons (Fsp3) is 0.875. The Bertz CT molecular complexity index is 172. The Balaban J connectivity index is 2.46. The van der Waals surface area contributed by atoms with E-state index in [0.29, 0.717) is 13.0 Å². The van der Waals surface area contributed by atoms with Gasteiger partial charge >= 0.3 is 0 Å². The predicted molar refractivity (Wildman–Crippen MR) is 45.4 cm³/mol. The molecule has 2 unspecified atom stereocenters. The Kier molecular flexibility index (Phi) is 3.05. The van der Waals surface area contributed by atoms with E-state index in [9.17, 15) is 9.90 Å². The van der Waals surface area contributed by atoms with Crippen LogP contribution in [-0.4, -0.2) is 42.3 Å². The van der Waals surface area contributed by atoms with E-state index in [4.69, 9.17) is 0 Å². The minimum atomic E-state index is -0.569. The average molecular weight is 172 g/mol. The maximum Gasteiger partial charge on any atom is 0.227 e. The van der Waals surface area contributed by atoms with Crippen LogP contribution in [0, 0.1) is 5.92 Å². The van der Waals surface area contributed by atoms with Crippen molar-refractivity contribution in [2.75, 3.05) is 20.1 Å². The summed E-state index contributed by atoms with van der Waals surface area (Å²) in [6, 6.07) is 0. The number of aliphatic hydroxyl groups excluding tert-OH is 1. The number of likely N-dealkylation sites (tertiary alicyclic amines) is 1. The average Bonchev–Trinajstić information content (AvgIpc) is 2.25. The van der Waals surface area contributed by atoms with Gasteiger partial charge in [0, 0.05) is 25.4 Å². The number of likely N-dealkylation sites (N-methyl/N-ethyl adjacent to an activating group) is 1. The maximum absolute atomic E-state index is 11.4. The Morgan fingerprint density at radius 2 is 2.42 bits per heavy atom. The largest absolute Gasteiger partial charge is 0.373 e. The predicted octanol–water partition coefficient (Wildman–Crippen LogP) is -0.607. The number of carbonyl (C=O) groups is 1. The number of hydrogen-bond acceptors (Lipinski definition) is 3. The van der Waals surface area contributed by atoms with Gasteiger partial charge in [-0.05, 0) is 7.05 Å². The maximum atomic E-state index is 11.4. The third kappa shape index (κ3) is 1.76. The molecule has 0 aliphatic carbocycles. The molecule has 1 saturated heterocycles. The minimum Gasteiger partial charge on any atom is -0.373 e. The fourth-order valence-electron chi connectivity index (χ4n) is 1.47. The number of hydrogen-bond donors (Lipinski definition) is 2. The lowest BCUT2D eigenvalue weighted by Crippen LogP contribution is -2.38. The summed E-state index contributed by atoms with van der Waals surface area (Å²) in [5, 5.41) is 12.4. The molecule has 1 fully saturated rings.